The van der Waals surface area contributed by atoms with Crippen molar-refractivity contribution in [1.29, 1.82) is 0 Å². The Hall–Kier alpha value is -1.80. The molecule has 0 aromatic heterocycles. The molecule has 1 N–H and O–H groups in total. The number of carbonyl (C=O) groups is 2. The number of ether oxygens (including phenoxy) is 2. The number of thioether (sulfide) groups is 1. The fraction of sp³-hybridized carbons (Fsp3) is 0.556. The molecule has 144 valence electrons. The fourth-order valence-electron chi connectivity index (χ4n) is 2.45. The van der Waals surface area contributed by atoms with Crippen molar-refractivity contribution in [2.24, 2.45) is 0 Å². The predicted molar refractivity (Wildman–Crippen MR) is 98.8 cm³/mol. The molecule has 6 nitrogen and oxygen atoms in total. The van der Waals surface area contributed by atoms with Crippen molar-refractivity contribution in [3.05, 3.63) is 30.1 Å². The quantitative estimate of drug-likeness (QED) is 0.739. The fourth-order valence-corrected chi connectivity index (χ4v) is 3.44. The van der Waals surface area contributed by atoms with Gasteiger partial charge in [-0.1, -0.05) is 12.1 Å². The Labute approximate surface area is 157 Å². The summed E-state index contributed by atoms with van der Waals surface area (Å²) in [5.74, 6) is -0.123. The zero-order valence-electron chi connectivity index (χ0n) is 15.3. The van der Waals surface area contributed by atoms with E-state index >= 15 is 0 Å². The number of para-hydroxylation sites is 1. The molecule has 1 aromatic carbocycles. The van der Waals surface area contributed by atoms with Gasteiger partial charge in [0.15, 0.2) is 11.6 Å². The van der Waals surface area contributed by atoms with Crippen LogP contribution in [0.2, 0.25) is 0 Å². The van der Waals surface area contributed by atoms with Crippen LogP contribution in [0.25, 0.3) is 0 Å². The highest BCUT2D eigenvalue weighted by Crippen LogP contribution is 2.29. The van der Waals surface area contributed by atoms with E-state index in [9.17, 15) is 14.0 Å². The summed E-state index contributed by atoms with van der Waals surface area (Å²) < 4.78 is 23.6. The summed E-state index contributed by atoms with van der Waals surface area (Å²) in [6.07, 6.45) is 0. The van der Waals surface area contributed by atoms with Crippen LogP contribution < -0.4 is 10.1 Å². The molecule has 1 aliphatic rings. The highest BCUT2D eigenvalue weighted by atomic mass is 32.2. The molecule has 1 aromatic rings. The number of hydrogen-bond acceptors (Lipinski definition) is 5. The Morgan fingerprint density at radius 1 is 1.35 bits per heavy atom. The van der Waals surface area contributed by atoms with Gasteiger partial charge in [0, 0.05) is 19.4 Å². The van der Waals surface area contributed by atoms with E-state index in [1.165, 1.54) is 23.9 Å². The van der Waals surface area contributed by atoms with E-state index in [2.05, 4.69) is 5.32 Å². The molecule has 0 aliphatic carbocycles. The normalized spacial score (nSPS) is 18.9. The second-order valence-corrected chi connectivity index (χ2v) is 8.09. The lowest BCUT2D eigenvalue weighted by Crippen LogP contribution is -2.58. The second-order valence-electron chi connectivity index (χ2n) is 6.44. The van der Waals surface area contributed by atoms with Crippen molar-refractivity contribution in [2.75, 3.05) is 39.2 Å². The van der Waals surface area contributed by atoms with Gasteiger partial charge >= 0.3 is 0 Å². The minimum atomic E-state index is -0.578. The predicted octanol–water partition coefficient (Wildman–Crippen LogP) is 1.69. The summed E-state index contributed by atoms with van der Waals surface area (Å²) >= 11 is 1.46. The number of nitrogens with one attached hydrogen (secondary N) is 1. The van der Waals surface area contributed by atoms with Crippen LogP contribution in [0.3, 0.4) is 0 Å². The third kappa shape index (κ3) is 5.35. The molecule has 0 unspecified atom stereocenters. The van der Waals surface area contributed by atoms with Crippen LogP contribution in [-0.4, -0.2) is 66.7 Å². The largest absolute Gasteiger partial charge is 0.489 e. The van der Waals surface area contributed by atoms with Gasteiger partial charge in [-0.2, -0.15) is 0 Å². The number of amides is 2. The number of nitrogens with zero attached hydrogens (tertiary/aromatic N) is 1. The molecule has 1 fully saturated rings. The number of hydrogen-bond donors (Lipinski definition) is 1. The molecule has 1 aliphatic heterocycles. The van der Waals surface area contributed by atoms with Crippen molar-refractivity contribution in [3.63, 3.8) is 0 Å². The van der Waals surface area contributed by atoms with Gasteiger partial charge in [-0.15, -0.1) is 11.8 Å². The third-order valence-electron chi connectivity index (χ3n) is 4.09. The monoisotopic (exact) mass is 384 g/mol. The molecule has 2 amide bonds. The smallest absolute Gasteiger partial charge is 0.246 e. The molecule has 0 spiro atoms. The molecule has 1 saturated heterocycles. The Balaban J connectivity index is 1.94. The lowest BCUT2D eigenvalue weighted by molar-refractivity contribution is -0.137. The van der Waals surface area contributed by atoms with Crippen LogP contribution >= 0.6 is 11.8 Å². The molecular formula is C18H25FN2O4S. The molecule has 0 radical (unpaired) electrons. The Morgan fingerprint density at radius 2 is 2.04 bits per heavy atom. The van der Waals surface area contributed by atoms with E-state index in [4.69, 9.17) is 9.47 Å². The number of halogens is 1. The van der Waals surface area contributed by atoms with Crippen molar-refractivity contribution >= 4 is 23.6 Å². The van der Waals surface area contributed by atoms with Crippen LogP contribution in [0.5, 0.6) is 5.75 Å². The molecule has 0 saturated carbocycles. The Morgan fingerprint density at radius 3 is 2.69 bits per heavy atom. The number of carbonyl (C=O) groups excluding carboxylic acids is 2. The van der Waals surface area contributed by atoms with Gasteiger partial charge in [0.05, 0.1) is 17.9 Å². The maximum absolute atomic E-state index is 13.6. The van der Waals surface area contributed by atoms with Crippen molar-refractivity contribution < 1.29 is 23.5 Å². The van der Waals surface area contributed by atoms with E-state index in [1.807, 2.05) is 13.8 Å². The van der Waals surface area contributed by atoms with E-state index < -0.39 is 16.6 Å². The number of benzene rings is 1. The van der Waals surface area contributed by atoms with Crippen LogP contribution in [0.4, 0.5) is 4.39 Å². The molecule has 26 heavy (non-hydrogen) atoms. The number of methoxy groups -OCH3 is 1. The van der Waals surface area contributed by atoms with E-state index in [-0.39, 0.29) is 30.7 Å². The van der Waals surface area contributed by atoms with Crippen molar-refractivity contribution in [1.82, 2.24) is 10.2 Å². The number of rotatable bonds is 8. The summed E-state index contributed by atoms with van der Waals surface area (Å²) in [5.41, 5.74) is 0. The second kappa shape index (κ2) is 9.23. The van der Waals surface area contributed by atoms with Gasteiger partial charge in [-0.05, 0) is 26.0 Å². The minimum Gasteiger partial charge on any atom is -0.489 e. The first-order valence-corrected chi connectivity index (χ1v) is 9.43. The lowest BCUT2D eigenvalue weighted by atomic mass is 10.1. The van der Waals surface area contributed by atoms with Gasteiger partial charge in [-0.25, -0.2) is 4.39 Å². The van der Waals surface area contributed by atoms with E-state index in [0.29, 0.717) is 18.9 Å². The summed E-state index contributed by atoms with van der Waals surface area (Å²) in [6, 6.07) is 5.55. The maximum atomic E-state index is 13.6. The molecule has 0 bridgehead atoms. The molecule has 2 rings (SSSR count). The minimum absolute atomic E-state index is 0.148. The van der Waals surface area contributed by atoms with Crippen LogP contribution in [0.1, 0.15) is 13.8 Å². The molecular weight excluding hydrogens is 359 g/mol. The Bertz CT molecular complexity index is 641. The molecule has 1 atom stereocenters. The average Bonchev–Trinajstić information content (AvgIpc) is 2.61. The van der Waals surface area contributed by atoms with Crippen LogP contribution in [-0.2, 0) is 14.3 Å². The van der Waals surface area contributed by atoms with Gasteiger partial charge in [0.25, 0.3) is 0 Å². The zero-order chi connectivity index (χ0) is 19.2. The summed E-state index contributed by atoms with van der Waals surface area (Å²) in [7, 11) is 1.55. The Kier molecular flexibility index (Phi) is 7.28. The highest BCUT2D eigenvalue weighted by Gasteiger charge is 2.39. The molecule has 8 heteroatoms. The first-order chi connectivity index (χ1) is 12.3. The topological polar surface area (TPSA) is 67.9 Å². The average molecular weight is 384 g/mol. The van der Waals surface area contributed by atoms with E-state index in [0.717, 1.165) is 0 Å². The van der Waals surface area contributed by atoms with Crippen LogP contribution in [0, 0.1) is 5.82 Å². The summed E-state index contributed by atoms with van der Waals surface area (Å²) in [5, 5.41) is 2.79. The van der Waals surface area contributed by atoms with Gasteiger partial charge in [0.2, 0.25) is 11.8 Å². The summed E-state index contributed by atoms with van der Waals surface area (Å²) in [4.78, 5) is 26.5. The summed E-state index contributed by atoms with van der Waals surface area (Å²) in [6.45, 7) is 4.82. The van der Waals surface area contributed by atoms with Crippen molar-refractivity contribution in [2.45, 2.75) is 24.6 Å². The first kappa shape index (κ1) is 20.5. The molecule has 1 heterocycles. The van der Waals surface area contributed by atoms with Crippen LogP contribution in [0.15, 0.2) is 24.3 Å². The van der Waals surface area contributed by atoms with Crippen molar-refractivity contribution in [3.8, 4) is 5.75 Å². The van der Waals surface area contributed by atoms with Gasteiger partial charge < -0.3 is 19.7 Å². The lowest BCUT2D eigenvalue weighted by Gasteiger charge is -2.35. The zero-order valence-corrected chi connectivity index (χ0v) is 16.1. The van der Waals surface area contributed by atoms with E-state index in [1.54, 1.807) is 24.1 Å². The standard InChI is InChI=1S/C18H25FN2O4S/c1-18(2)17(23)20-14(12-26-18)16(22)21(8-10-24-3)9-11-25-15-7-5-4-6-13(15)19/h4-7,14H,8-12H2,1-3H3,(H,20,23)/t14-/m1/s1. The third-order valence-corrected chi connectivity index (χ3v) is 5.50. The maximum Gasteiger partial charge on any atom is 0.246 e. The van der Waals surface area contributed by atoms with Gasteiger partial charge in [-0.3, -0.25) is 9.59 Å². The highest BCUT2D eigenvalue weighted by molar-refractivity contribution is 8.01. The van der Waals surface area contributed by atoms with Gasteiger partial charge in [0.1, 0.15) is 12.6 Å². The SMILES string of the molecule is COCCN(CCOc1ccccc1F)C(=O)[C@H]1CSC(C)(C)C(=O)N1. The first-order valence-electron chi connectivity index (χ1n) is 8.45.